The average molecular weight is 904 g/mol. The minimum absolute atomic E-state index is 0. The van der Waals surface area contributed by atoms with Crippen LogP contribution in [0.25, 0.3) is 0 Å². The Morgan fingerprint density at radius 3 is 2.23 bits per heavy atom. The van der Waals surface area contributed by atoms with Gasteiger partial charge in [-0.15, -0.1) is 12.4 Å². The van der Waals surface area contributed by atoms with Crippen LogP contribution in [-0.2, 0) is 39.7 Å². The van der Waals surface area contributed by atoms with Crippen molar-refractivity contribution in [3.05, 3.63) is 51.6 Å². The number of methoxy groups -OCH3 is 1. The topological polar surface area (TPSA) is 350 Å². The first kappa shape index (κ1) is 48.0. The summed E-state index contributed by atoms with van der Waals surface area (Å²) in [6.07, 6.45) is -20.5. The lowest BCUT2D eigenvalue weighted by atomic mass is 9.72. The van der Waals surface area contributed by atoms with Gasteiger partial charge in [0.2, 0.25) is 11.6 Å². The summed E-state index contributed by atoms with van der Waals surface area (Å²) >= 11 is 0. The summed E-state index contributed by atoms with van der Waals surface area (Å²) in [4.78, 5) is 46.2. The molecule has 2 aliphatic carbocycles. The van der Waals surface area contributed by atoms with Crippen molar-refractivity contribution in [2.75, 3.05) is 26.9 Å². The zero-order chi connectivity index (χ0) is 44.5. The summed E-state index contributed by atoms with van der Waals surface area (Å²) in [5.74, 6) is -6.24. The number of fused-ring (bicyclic) bond motifs is 3. The molecular weight excluding hydrogens is 854 g/mol. The number of halogens is 1. The van der Waals surface area contributed by atoms with E-state index in [1.54, 1.807) is 0 Å². The number of hydrogen-bond donors (Lipinski definition) is 12. The summed E-state index contributed by atoms with van der Waals surface area (Å²) in [7, 11) is 1.29. The van der Waals surface area contributed by atoms with Crippen LogP contribution in [-0.4, -0.2) is 185 Å². The van der Waals surface area contributed by atoms with Crippen molar-refractivity contribution in [1.82, 2.24) is 5.48 Å². The first-order chi connectivity index (χ1) is 28.8. The molecule has 7 rings (SSSR count). The maximum atomic E-state index is 14.0. The standard InChI is InChI=1S/C39H49NO21.ClH/c1-13-27(44)17(40-56-11-21-30(47)34(51)35(52)37(59-21)61-39(12-42)36(53)31(48)20(10-41)60-39)7-22(57-13)58-19-9-38(54,14(2)43)8-16-24(19)33(50)26-25(29(16)46)28(45)15-5-4-6-18(55-3)23(15)32(26)49;/h4-6,13,17,19-22,27,30-31,34-37,40-42,44,46-48,50-54H,7-12H2,1-3H3;1H/t13?,17?,19-,20+,21+,22?,27?,30+,31+,34-,35+,36-,37+,38-,39-;/m0./s1. The van der Waals surface area contributed by atoms with Gasteiger partial charge >= 0.3 is 0 Å². The molecule has 0 spiro atoms. The highest BCUT2D eigenvalue weighted by Gasteiger charge is 2.58. The second-order valence-electron chi connectivity index (χ2n) is 15.9. The minimum Gasteiger partial charge on any atom is -0.507 e. The number of nitrogens with one attached hydrogen (secondary N) is 1. The normalized spacial score (nSPS) is 37.8. The van der Waals surface area contributed by atoms with Gasteiger partial charge in [-0.25, -0.2) is 0 Å². The zero-order valence-corrected chi connectivity index (χ0v) is 34.2. The molecule has 2 aromatic carbocycles. The number of ether oxygens (including phenoxy) is 6. The molecular formula is C39H50ClNO21. The van der Waals surface area contributed by atoms with Gasteiger partial charge < -0.3 is 84.6 Å². The smallest absolute Gasteiger partial charge is 0.224 e. The third-order valence-electron chi connectivity index (χ3n) is 12.1. The molecule has 23 heteroatoms. The van der Waals surface area contributed by atoms with E-state index in [0.29, 0.717) is 0 Å². The van der Waals surface area contributed by atoms with E-state index in [9.17, 15) is 70.6 Å². The second kappa shape index (κ2) is 18.2. The van der Waals surface area contributed by atoms with Gasteiger partial charge in [0, 0.05) is 36.0 Å². The lowest BCUT2D eigenvalue weighted by molar-refractivity contribution is -0.385. The van der Waals surface area contributed by atoms with Gasteiger partial charge in [-0.3, -0.25) is 19.2 Å². The van der Waals surface area contributed by atoms with Gasteiger partial charge in [0.05, 0.1) is 61.4 Å². The highest BCUT2D eigenvalue weighted by atomic mass is 35.5. The SMILES string of the molecule is COc1cccc2c1C(=O)c1c(O)c3c(c(O)c1C2=O)C[C@@](O)(C(C)=O)C[C@@H]3OC1CC(NOC[C@H]2O[C@H](O[C@]3(CO)O[C@H](CO)[C@@H](O)[C@@H]3O)[C@H](O)[C@@H](O)[C@@H]2O)C(O)C(C)O1.Cl. The van der Waals surface area contributed by atoms with E-state index in [2.05, 4.69) is 5.48 Å². The number of carbonyl (C=O) groups excluding carboxylic acids is 3. The molecule has 0 aromatic heterocycles. The van der Waals surface area contributed by atoms with E-state index in [4.69, 9.17) is 33.3 Å². The van der Waals surface area contributed by atoms with Crippen LogP contribution >= 0.6 is 12.4 Å². The van der Waals surface area contributed by atoms with Crippen LogP contribution in [0, 0.1) is 0 Å². The minimum atomic E-state index is -2.42. The van der Waals surface area contributed by atoms with Gasteiger partial charge in [-0.2, -0.15) is 5.48 Å². The fraction of sp³-hybridized carbons (Fsp3) is 0.615. The van der Waals surface area contributed by atoms with Crippen molar-refractivity contribution in [1.29, 1.82) is 0 Å². The number of aromatic hydroxyl groups is 2. The predicted octanol–water partition coefficient (Wildman–Crippen LogP) is -3.36. The molecule has 0 saturated carbocycles. The molecule has 12 N–H and O–H groups in total. The summed E-state index contributed by atoms with van der Waals surface area (Å²) in [5, 5.41) is 118. The highest BCUT2D eigenvalue weighted by Crippen LogP contribution is 2.52. The average Bonchev–Trinajstić information content (AvgIpc) is 3.47. The van der Waals surface area contributed by atoms with Gasteiger partial charge in [0.15, 0.2) is 24.1 Å². The lowest BCUT2D eigenvalue weighted by Crippen LogP contribution is -2.63. The van der Waals surface area contributed by atoms with Crippen LogP contribution in [0.1, 0.15) is 75.8 Å². The molecule has 22 nitrogen and oxygen atoms in total. The Kier molecular flexibility index (Phi) is 14.1. The molecule has 3 fully saturated rings. The van der Waals surface area contributed by atoms with E-state index >= 15 is 0 Å². The number of Topliss-reactive ketones (excluding diaryl/α,β-unsaturated/α-hetero) is 1. The van der Waals surface area contributed by atoms with Gasteiger partial charge in [0.25, 0.3) is 0 Å². The maximum absolute atomic E-state index is 14.0. The first-order valence-electron chi connectivity index (χ1n) is 19.4. The molecule has 0 amide bonds. The largest absolute Gasteiger partial charge is 0.507 e. The molecule has 2 aromatic rings. The van der Waals surface area contributed by atoms with Crippen LogP contribution in [0.5, 0.6) is 17.2 Å². The molecule has 344 valence electrons. The van der Waals surface area contributed by atoms with Crippen molar-refractivity contribution >= 4 is 29.8 Å². The Labute approximate surface area is 358 Å². The van der Waals surface area contributed by atoms with E-state index < -0.39 is 164 Å². The second-order valence-corrected chi connectivity index (χ2v) is 15.9. The fourth-order valence-electron chi connectivity index (χ4n) is 8.60. The molecule has 5 aliphatic rings. The number of hydrogen-bond acceptors (Lipinski definition) is 22. The van der Waals surface area contributed by atoms with Gasteiger partial charge in [-0.1, -0.05) is 12.1 Å². The van der Waals surface area contributed by atoms with Crippen molar-refractivity contribution in [3.8, 4) is 17.2 Å². The summed E-state index contributed by atoms with van der Waals surface area (Å²) in [6.45, 7) is 0.111. The lowest BCUT2D eigenvalue weighted by Gasteiger charge is -2.44. The van der Waals surface area contributed by atoms with Crippen molar-refractivity contribution in [2.24, 2.45) is 0 Å². The molecule has 3 heterocycles. The third kappa shape index (κ3) is 8.00. The Morgan fingerprint density at radius 1 is 0.903 bits per heavy atom. The quantitative estimate of drug-likeness (QED) is 0.0624. The van der Waals surface area contributed by atoms with E-state index in [1.807, 2.05) is 0 Å². The van der Waals surface area contributed by atoms with Crippen LogP contribution in [0.15, 0.2) is 18.2 Å². The van der Waals surface area contributed by atoms with Crippen LogP contribution in [0.4, 0.5) is 0 Å². The Morgan fingerprint density at radius 2 is 1.60 bits per heavy atom. The molecule has 0 radical (unpaired) electrons. The number of ketones is 3. The number of aliphatic hydroxyl groups is 9. The molecule has 3 saturated heterocycles. The predicted molar refractivity (Wildman–Crippen MR) is 204 cm³/mol. The number of rotatable bonds is 12. The summed E-state index contributed by atoms with van der Waals surface area (Å²) in [5.41, 5.74) is -1.30. The number of hydroxylamine groups is 1. The summed E-state index contributed by atoms with van der Waals surface area (Å²) in [6, 6.07) is 3.23. The monoisotopic (exact) mass is 903 g/mol. The Hall–Kier alpha value is -3.50. The van der Waals surface area contributed by atoms with Crippen molar-refractivity contribution < 1.29 is 104 Å². The number of benzene rings is 2. The third-order valence-corrected chi connectivity index (χ3v) is 12.1. The van der Waals surface area contributed by atoms with E-state index in [1.165, 1.54) is 32.2 Å². The van der Waals surface area contributed by atoms with Crippen LogP contribution < -0.4 is 10.2 Å². The van der Waals surface area contributed by atoms with Gasteiger partial charge in [0.1, 0.15) is 72.2 Å². The fourth-order valence-corrected chi connectivity index (χ4v) is 8.60. The summed E-state index contributed by atoms with van der Waals surface area (Å²) < 4.78 is 33.9. The number of aliphatic hydroxyl groups excluding tert-OH is 8. The van der Waals surface area contributed by atoms with Crippen molar-refractivity contribution in [3.63, 3.8) is 0 Å². The maximum Gasteiger partial charge on any atom is 0.224 e. The number of carbonyl (C=O) groups is 3. The number of phenols is 2. The molecule has 15 atom stereocenters. The van der Waals surface area contributed by atoms with Crippen LogP contribution in [0.3, 0.4) is 0 Å². The van der Waals surface area contributed by atoms with Crippen molar-refractivity contribution in [2.45, 2.75) is 124 Å². The molecule has 4 unspecified atom stereocenters. The molecule has 0 bridgehead atoms. The first-order valence-corrected chi connectivity index (χ1v) is 19.4. The molecule has 3 aliphatic heterocycles. The Bertz CT molecular complexity index is 2040. The Balaban J connectivity index is 0.00000641. The van der Waals surface area contributed by atoms with Gasteiger partial charge in [-0.05, 0) is 19.9 Å². The van der Waals surface area contributed by atoms with Crippen LogP contribution in [0.2, 0.25) is 0 Å². The highest BCUT2D eigenvalue weighted by molar-refractivity contribution is 6.31. The van der Waals surface area contributed by atoms with E-state index in [0.717, 1.165) is 6.92 Å². The number of phenolic OH excluding ortho intramolecular Hbond substituents is 2. The van der Waals surface area contributed by atoms with E-state index in [-0.39, 0.29) is 46.8 Å². The molecule has 62 heavy (non-hydrogen) atoms. The zero-order valence-electron chi connectivity index (χ0n) is 33.4.